The lowest BCUT2D eigenvalue weighted by Gasteiger charge is -2.24. The Labute approximate surface area is 137 Å². The van der Waals surface area contributed by atoms with E-state index < -0.39 is 0 Å². The smallest absolute Gasteiger partial charge is 0.123 e. The maximum atomic E-state index is 6.17. The molecule has 0 atom stereocenters. The van der Waals surface area contributed by atoms with E-state index >= 15 is 0 Å². The van der Waals surface area contributed by atoms with Gasteiger partial charge in [-0.3, -0.25) is 0 Å². The first-order chi connectivity index (χ1) is 9.94. The topological polar surface area (TPSA) is 9.23 Å². The van der Waals surface area contributed by atoms with Crippen LogP contribution in [0.25, 0.3) is 0 Å². The Morgan fingerprint density at radius 2 is 1.57 bits per heavy atom. The van der Waals surface area contributed by atoms with E-state index in [0.717, 1.165) is 12.2 Å². The van der Waals surface area contributed by atoms with Crippen LogP contribution in [-0.2, 0) is 4.74 Å². The van der Waals surface area contributed by atoms with Crippen molar-refractivity contribution in [3.63, 3.8) is 0 Å². The monoisotopic (exact) mass is 320 g/mol. The van der Waals surface area contributed by atoms with Crippen molar-refractivity contribution in [1.82, 2.24) is 0 Å². The fourth-order valence-corrected chi connectivity index (χ4v) is 4.16. The van der Waals surface area contributed by atoms with Gasteiger partial charge in [0, 0.05) is 6.42 Å². The molecule has 0 aromatic heterocycles. The second kappa shape index (κ2) is 6.97. The van der Waals surface area contributed by atoms with Crippen molar-refractivity contribution in [2.45, 2.75) is 37.4 Å². The normalized spacial score (nSPS) is 18.4. The fraction of sp³-hybridized carbons (Fsp3) is 0.444. The van der Waals surface area contributed by atoms with Crippen molar-refractivity contribution >= 4 is 23.5 Å². The number of hydrogen-bond acceptors (Lipinski definition) is 3. The lowest BCUT2D eigenvalue weighted by Crippen LogP contribution is -2.19. The van der Waals surface area contributed by atoms with E-state index in [9.17, 15) is 0 Å². The summed E-state index contributed by atoms with van der Waals surface area (Å²) < 4.78 is 6.64. The molecule has 0 N–H and O–H groups in total. The molecule has 0 heterocycles. The molecule has 2 bridgehead atoms. The average molecular weight is 321 g/mol. The molecule has 0 saturated carbocycles. The van der Waals surface area contributed by atoms with Gasteiger partial charge in [-0.2, -0.15) is 0 Å². The van der Waals surface area contributed by atoms with Gasteiger partial charge in [-0.05, 0) is 56.1 Å². The standard InChI is InChI=1S/C18H24OS2/c1-18(2,3)19-16-11-10-15(17(20-4)21-5)13-8-6-7-9-14(16)12-13/h6-11,17H,12H2,1-5H3. The number of ether oxygens (including phenoxy) is 1. The predicted octanol–water partition coefficient (Wildman–Crippen LogP) is 5.49. The Morgan fingerprint density at radius 1 is 0.952 bits per heavy atom. The molecule has 2 aliphatic carbocycles. The molecule has 0 spiro atoms. The third kappa shape index (κ3) is 4.33. The van der Waals surface area contributed by atoms with Crippen molar-refractivity contribution in [1.29, 1.82) is 0 Å². The zero-order valence-corrected chi connectivity index (χ0v) is 15.1. The molecule has 0 fully saturated rings. The highest BCUT2D eigenvalue weighted by Gasteiger charge is 2.23. The summed E-state index contributed by atoms with van der Waals surface area (Å²) in [5.74, 6) is 0.996. The Morgan fingerprint density at radius 3 is 2.14 bits per heavy atom. The Bertz CT molecular complexity index is 538. The number of fused-ring (bicyclic) bond motifs is 2. The molecule has 1 nitrogen and oxygen atoms in total. The van der Waals surface area contributed by atoms with Crippen molar-refractivity contribution in [3.05, 3.63) is 58.9 Å². The lowest BCUT2D eigenvalue weighted by molar-refractivity contribution is 0.0570. The molecule has 0 aliphatic heterocycles. The molecule has 2 aliphatic rings. The van der Waals surface area contributed by atoms with Gasteiger partial charge in [0.2, 0.25) is 0 Å². The average Bonchev–Trinajstić information content (AvgIpc) is 2.74. The molecule has 0 aromatic carbocycles. The lowest BCUT2D eigenvalue weighted by atomic mass is 10.0. The van der Waals surface area contributed by atoms with Crippen LogP contribution in [0.5, 0.6) is 0 Å². The minimum absolute atomic E-state index is 0.177. The second-order valence-electron chi connectivity index (χ2n) is 6.12. The maximum absolute atomic E-state index is 6.17. The summed E-state index contributed by atoms with van der Waals surface area (Å²) in [6.45, 7) is 6.29. The van der Waals surface area contributed by atoms with Crippen LogP contribution in [0.4, 0.5) is 0 Å². The van der Waals surface area contributed by atoms with Gasteiger partial charge in [0.25, 0.3) is 0 Å². The van der Waals surface area contributed by atoms with E-state index in [-0.39, 0.29) is 5.60 Å². The van der Waals surface area contributed by atoms with Crippen molar-refractivity contribution in [2.75, 3.05) is 12.5 Å². The Hall–Kier alpha value is -0.800. The molecule has 0 radical (unpaired) electrons. The van der Waals surface area contributed by atoms with Gasteiger partial charge in [0.05, 0.1) is 4.58 Å². The van der Waals surface area contributed by atoms with Crippen molar-refractivity contribution in [3.8, 4) is 0 Å². The highest BCUT2D eigenvalue weighted by atomic mass is 32.2. The van der Waals surface area contributed by atoms with E-state index in [1.807, 2.05) is 23.5 Å². The van der Waals surface area contributed by atoms with Gasteiger partial charge in [-0.1, -0.05) is 30.4 Å². The van der Waals surface area contributed by atoms with Gasteiger partial charge in [0.15, 0.2) is 0 Å². The summed E-state index contributed by atoms with van der Waals surface area (Å²) in [7, 11) is 0. The zero-order chi connectivity index (χ0) is 15.5. The number of hydrogen-bond donors (Lipinski definition) is 0. The highest BCUT2D eigenvalue weighted by Crippen LogP contribution is 2.38. The van der Waals surface area contributed by atoms with Crippen molar-refractivity contribution in [2.24, 2.45) is 0 Å². The van der Waals surface area contributed by atoms with E-state index in [1.165, 1.54) is 16.7 Å². The zero-order valence-electron chi connectivity index (χ0n) is 13.5. The van der Waals surface area contributed by atoms with Crippen LogP contribution in [0.15, 0.2) is 58.9 Å². The summed E-state index contributed by atoms with van der Waals surface area (Å²) >= 11 is 3.78. The van der Waals surface area contributed by atoms with Gasteiger partial charge in [-0.25, -0.2) is 0 Å². The summed E-state index contributed by atoms with van der Waals surface area (Å²) in [6, 6.07) is 0. The van der Waals surface area contributed by atoms with Gasteiger partial charge >= 0.3 is 0 Å². The summed E-state index contributed by atoms with van der Waals surface area (Å²) in [5.41, 5.74) is 3.88. The van der Waals surface area contributed by atoms with Crippen LogP contribution in [0.2, 0.25) is 0 Å². The summed E-state index contributed by atoms with van der Waals surface area (Å²) in [5, 5.41) is 0. The molecule has 21 heavy (non-hydrogen) atoms. The van der Waals surface area contributed by atoms with Gasteiger partial charge in [-0.15, -0.1) is 23.5 Å². The largest absolute Gasteiger partial charge is 0.488 e. The third-order valence-corrected chi connectivity index (χ3v) is 5.81. The predicted molar refractivity (Wildman–Crippen MR) is 97.7 cm³/mol. The third-order valence-electron chi connectivity index (χ3n) is 3.29. The molecule has 0 unspecified atom stereocenters. The molecule has 2 rings (SSSR count). The van der Waals surface area contributed by atoms with Crippen LogP contribution in [0.1, 0.15) is 27.2 Å². The second-order valence-corrected chi connectivity index (χ2v) is 8.30. The molecule has 0 saturated heterocycles. The van der Waals surface area contributed by atoms with Gasteiger partial charge in [0.1, 0.15) is 11.4 Å². The first-order valence-corrected chi connectivity index (χ1v) is 9.76. The van der Waals surface area contributed by atoms with Crippen LogP contribution in [0.3, 0.4) is 0 Å². The van der Waals surface area contributed by atoms with E-state index in [4.69, 9.17) is 4.74 Å². The molecule has 3 heteroatoms. The Kier molecular flexibility index (Phi) is 5.50. The molecular weight excluding hydrogens is 296 g/mol. The first kappa shape index (κ1) is 16.6. The number of thioether (sulfide) groups is 2. The molecule has 0 aromatic rings. The maximum Gasteiger partial charge on any atom is 0.123 e. The highest BCUT2D eigenvalue weighted by molar-refractivity contribution is 8.16. The summed E-state index contributed by atoms with van der Waals surface area (Å²) in [6.07, 6.45) is 18.3. The summed E-state index contributed by atoms with van der Waals surface area (Å²) in [4.78, 5) is 0. The SMILES string of the molecule is CSC(SC)C1=CC=C(OC(C)(C)C)C2=CC=CC=C1C2. The van der Waals surface area contributed by atoms with Gasteiger partial charge < -0.3 is 4.74 Å². The molecule has 114 valence electrons. The van der Waals surface area contributed by atoms with E-state index in [1.54, 1.807) is 0 Å². The number of allylic oxidation sites excluding steroid dienone is 8. The van der Waals surface area contributed by atoms with E-state index in [0.29, 0.717) is 4.58 Å². The quantitative estimate of drug-likeness (QED) is 0.634. The van der Waals surface area contributed by atoms with Crippen molar-refractivity contribution < 1.29 is 4.74 Å². The van der Waals surface area contributed by atoms with Crippen LogP contribution in [0, 0.1) is 0 Å². The first-order valence-electron chi connectivity index (χ1n) is 7.18. The molecular formula is C18H24OS2. The Balaban J connectivity index is 2.42. The van der Waals surface area contributed by atoms with Crippen LogP contribution < -0.4 is 0 Å². The minimum Gasteiger partial charge on any atom is -0.488 e. The van der Waals surface area contributed by atoms with Crippen LogP contribution in [-0.4, -0.2) is 22.7 Å². The number of rotatable bonds is 4. The van der Waals surface area contributed by atoms with E-state index in [2.05, 4.69) is 69.7 Å². The fourth-order valence-electron chi connectivity index (χ4n) is 2.42. The van der Waals surface area contributed by atoms with Crippen LogP contribution >= 0.6 is 23.5 Å². The minimum atomic E-state index is -0.177. The molecule has 0 amide bonds.